The van der Waals surface area contributed by atoms with Gasteiger partial charge in [0.15, 0.2) is 0 Å². The van der Waals surface area contributed by atoms with Crippen LogP contribution in [0.1, 0.15) is 10.4 Å². The molecular weight excluding hydrogens is 1100 g/mol. The van der Waals surface area contributed by atoms with Crippen LogP contribution in [-0.2, 0) is 4.18 Å². The Hall–Kier alpha value is 0.820. The maximum absolute atomic E-state index is 14.0. The van der Waals surface area contributed by atoms with E-state index in [1.54, 1.807) is 12.1 Å². The number of aromatic hydroxyl groups is 1. The molecular formula is C25H11Br9O3S. The van der Waals surface area contributed by atoms with Crippen molar-refractivity contribution >= 4 is 160 Å². The molecule has 0 radical (unpaired) electrons. The third-order valence-corrected chi connectivity index (χ3v) is 15.2. The van der Waals surface area contributed by atoms with Crippen molar-refractivity contribution in [2.24, 2.45) is 0 Å². The lowest BCUT2D eigenvalue weighted by atomic mass is 10.2. The molecule has 0 saturated heterocycles. The van der Waals surface area contributed by atoms with Crippen molar-refractivity contribution in [2.45, 2.75) is 14.7 Å². The summed E-state index contributed by atoms with van der Waals surface area (Å²) in [6.07, 6.45) is 0. The van der Waals surface area contributed by atoms with Crippen molar-refractivity contribution in [1.82, 2.24) is 0 Å². The molecule has 0 bridgehead atoms. The third kappa shape index (κ3) is 6.27. The predicted octanol–water partition coefficient (Wildman–Crippen LogP) is 13.3. The number of hydrogen-bond acceptors (Lipinski definition) is 3. The molecule has 4 aromatic carbocycles. The minimum atomic E-state index is -2.94. The van der Waals surface area contributed by atoms with Gasteiger partial charge in [-0.25, -0.2) is 4.79 Å². The van der Waals surface area contributed by atoms with Gasteiger partial charge in [-0.15, -0.1) is 0 Å². The molecule has 1 N–H and O–H groups in total. The SMILES string of the molecule is O=C(OS(c1c(Br)cc(Br)cc1Br)(c1c(Br)cc(Br)cc1Br)c1c(Br)cc(Br)cc1Br)c1ccccc1O. The minimum Gasteiger partial charge on any atom is -0.507 e. The number of phenolic OH excluding ortho intramolecular Hbond substituents is 1. The fourth-order valence-electron chi connectivity index (χ4n) is 3.65. The summed E-state index contributed by atoms with van der Waals surface area (Å²) in [5.41, 5.74) is 0.0439. The average molecular weight is 1110 g/mol. The number of carbonyl (C=O) groups excluding carboxylic acids is 1. The van der Waals surface area contributed by atoms with E-state index < -0.39 is 16.3 Å². The lowest BCUT2D eigenvalue weighted by Crippen LogP contribution is -2.17. The second-order valence-corrected chi connectivity index (χ2v) is 17.9. The number of para-hydroxylation sites is 1. The van der Waals surface area contributed by atoms with Crippen molar-refractivity contribution < 1.29 is 14.1 Å². The van der Waals surface area contributed by atoms with E-state index in [0.29, 0.717) is 41.5 Å². The van der Waals surface area contributed by atoms with Crippen molar-refractivity contribution in [3.05, 3.63) is 106 Å². The molecule has 0 heterocycles. The van der Waals surface area contributed by atoms with Gasteiger partial charge in [-0.05, 0) is 144 Å². The molecule has 198 valence electrons. The van der Waals surface area contributed by atoms with Gasteiger partial charge in [0, 0.05) is 50.6 Å². The molecule has 0 spiro atoms. The molecule has 3 nitrogen and oxygen atoms in total. The van der Waals surface area contributed by atoms with Crippen LogP contribution >= 0.6 is 154 Å². The van der Waals surface area contributed by atoms with Crippen LogP contribution in [0.25, 0.3) is 0 Å². The van der Waals surface area contributed by atoms with Crippen LogP contribution in [0, 0.1) is 0 Å². The number of rotatable bonds is 5. The highest BCUT2D eigenvalue weighted by molar-refractivity contribution is 9.12. The monoisotopic (exact) mass is 1100 g/mol. The van der Waals surface area contributed by atoms with Crippen LogP contribution in [0.15, 0.2) is 116 Å². The van der Waals surface area contributed by atoms with Crippen LogP contribution in [0.2, 0.25) is 0 Å². The molecule has 0 atom stereocenters. The molecule has 0 unspecified atom stereocenters. The summed E-state index contributed by atoms with van der Waals surface area (Å²) in [4.78, 5) is 16.1. The quantitative estimate of drug-likeness (QED) is 0.217. The Labute approximate surface area is 296 Å². The normalized spacial score (nSPS) is 11.9. The van der Waals surface area contributed by atoms with E-state index in [4.69, 9.17) is 4.18 Å². The number of halogens is 9. The second kappa shape index (κ2) is 13.0. The first-order valence-electron chi connectivity index (χ1n) is 10.2. The zero-order valence-electron chi connectivity index (χ0n) is 18.3. The maximum atomic E-state index is 14.0. The summed E-state index contributed by atoms with van der Waals surface area (Å²) in [6, 6.07) is 17.7. The predicted molar refractivity (Wildman–Crippen MR) is 185 cm³/mol. The van der Waals surface area contributed by atoms with Crippen LogP contribution in [0.5, 0.6) is 5.75 Å². The van der Waals surface area contributed by atoms with Gasteiger partial charge in [-0.2, -0.15) is 0 Å². The Bertz CT molecular complexity index is 1380. The van der Waals surface area contributed by atoms with Crippen LogP contribution < -0.4 is 0 Å². The van der Waals surface area contributed by atoms with E-state index in [9.17, 15) is 9.90 Å². The summed E-state index contributed by atoms with van der Waals surface area (Å²) >= 11 is 33.2. The highest BCUT2D eigenvalue weighted by Gasteiger charge is 2.45. The topological polar surface area (TPSA) is 46.5 Å². The van der Waals surface area contributed by atoms with E-state index >= 15 is 0 Å². The molecule has 0 amide bonds. The Balaban J connectivity index is 2.25. The molecule has 0 aromatic heterocycles. The Morgan fingerprint density at radius 3 is 1.21 bits per heavy atom. The summed E-state index contributed by atoms with van der Waals surface area (Å²) in [7, 11) is -2.94. The number of carbonyl (C=O) groups is 1. The molecule has 0 aliphatic rings. The van der Waals surface area contributed by atoms with Gasteiger partial charge in [0.2, 0.25) is 0 Å². The van der Waals surface area contributed by atoms with Crippen molar-refractivity contribution in [2.75, 3.05) is 0 Å². The molecule has 0 fully saturated rings. The largest absolute Gasteiger partial charge is 0.507 e. The Morgan fingerprint density at radius 2 is 0.895 bits per heavy atom. The third-order valence-electron chi connectivity index (χ3n) is 5.08. The van der Waals surface area contributed by atoms with E-state index in [-0.39, 0.29) is 11.3 Å². The summed E-state index contributed by atoms with van der Waals surface area (Å²) < 4.78 is 13.4. The molecule has 4 rings (SSSR count). The first-order valence-corrected chi connectivity index (χ1v) is 18.8. The molecule has 0 saturated carbocycles. The van der Waals surface area contributed by atoms with Gasteiger partial charge >= 0.3 is 5.97 Å². The first kappa shape index (κ1) is 31.7. The molecule has 38 heavy (non-hydrogen) atoms. The van der Waals surface area contributed by atoms with E-state index in [1.165, 1.54) is 12.1 Å². The smallest absolute Gasteiger partial charge is 0.353 e. The highest BCUT2D eigenvalue weighted by atomic mass is 79.9. The van der Waals surface area contributed by atoms with Gasteiger partial charge in [0.25, 0.3) is 0 Å². The maximum Gasteiger partial charge on any atom is 0.353 e. The average Bonchev–Trinajstić information content (AvgIpc) is 2.77. The van der Waals surface area contributed by atoms with Gasteiger partial charge in [0.05, 0.1) is 14.7 Å². The number of phenols is 1. The summed E-state index contributed by atoms with van der Waals surface area (Å²) in [5, 5.41) is 10.6. The molecule has 4 aromatic rings. The standard InChI is InChI=1S/C25H11Br9O3S/c26-11-5-15(29)22(16(30)6-11)38(23-17(31)7-12(27)8-18(23)32,24-19(33)9-13(28)10-20(24)34)37-25(36)14-3-1-2-4-21(14)35/h1-10,35H. The summed E-state index contributed by atoms with van der Waals surface area (Å²) in [6.45, 7) is 0. The van der Waals surface area contributed by atoms with Gasteiger partial charge in [0.1, 0.15) is 11.3 Å². The lowest BCUT2D eigenvalue weighted by molar-refractivity contribution is 0.0754. The van der Waals surface area contributed by atoms with E-state index in [2.05, 4.69) is 143 Å². The van der Waals surface area contributed by atoms with Gasteiger partial charge in [-0.3, -0.25) is 0 Å². The lowest BCUT2D eigenvalue weighted by Gasteiger charge is -2.43. The second-order valence-electron chi connectivity index (χ2n) is 7.54. The molecule has 0 aliphatic heterocycles. The number of hydrogen-bond donors (Lipinski definition) is 1. The van der Waals surface area contributed by atoms with E-state index in [0.717, 1.165) is 13.4 Å². The Morgan fingerprint density at radius 1 is 0.579 bits per heavy atom. The van der Waals surface area contributed by atoms with Crippen LogP contribution in [0.4, 0.5) is 0 Å². The van der Waals surface area contributed by atoms with Crippen LogP contribution in [-0.4, -0.2) is 11.1 Å². The number of benzene rings is 4. The fraction of sp³-hybridized carbons (Fsp3) is 0. The highest BCUT2D eigenvalue weighted by Crippen LogP contribution is 2.77. The van der Waals surface area contributed by atoms with Gasteiger partial charge in [-0.1, -0.05) is 59.9 Å². The van der Waals surface area contributed by atoms with Crippen LogP contribution in [0.3, 0.4) is 0 Å². The molecule has 13 heteroatoms. The summed E-state index contributed by atoms with van der Waals surface area (Å²) in [5.74, 6) is -0.870. The first-order chi connectivity index (χ1) is 17.9. The molecule has 0 aliphatic carbocycles. The minimum absolute atomic E-state index is 0.0439. The van der Waals surface area contributed by atoms with Crippen molar-refractivity contribution in [3.63, 3.8) is 0 Å². The zero-order valence-corrected chi connectivity index (χ0v) is 33.4. The van der Waals surface area contributed by atoms with Gasteiger partial charge < -0.3 is 9.29 Å². The van der Waals surface area contributed by atoms with E-state index in [1.807, 2.05) is 36.4 Å². The fourth-order valence-corrected chi connectivity index (χ4v) is 17.7. The van der Waals surface area contributed by atoms with Crippen molar-refractivity contribution in [3.8, 4) is 5.75 Å². The Kier molecular flexibility index (Phi) is 10.9. The zero-order chi connectivity index (χ0) is 27.9. The van der Waals surface area contributed by atoms with Crippen molar-refractivity contribution in [1.29, 1.82) is 0 Å².